The first-order valence-corrected chi connectivity index (χ1v) is 16.0. The van der Waals surface area contributed by atoms with Crippen LogP contribution in [0.15, 0.2) is 0 Å². The molecule has 6 amide bonds. The van der Waals surface area contributed by atoms with Crippen molar-refractivity contribution in [2.45, 2.75) is 118 Å². The molecule has 0 radical (unpaired) electrons. The summed E-state index contributed by atoms with van der Waals surface area (Å²) >= 11 is 0. The molecule has 0 saturated heterocycles. The fourth-order valence-electron chi connectivity index (χ4n) is 2.85. The minimum atomic E-state index is -1.53. The zero-order valence-electron chi connectivity index (χ0n) is 27.5. The number of imide groups is 2. The van der Waals surface area contributed by atoms with Gasteiger partial charge in [0.2, 0.25) is 0 Å². The number of hydrogen-bond acceptors (Lipinski definition) is 14. The smallest absolute Gasteiger partial charge is 0.420 e. The Morgan fingerprint density at radius 1 is 0.523 bits per heavy atom. The normalized spacial score (nSPS) is 13.5. The fourth-order valence-corrected chi connectivity index (χ4v) is 5.26. The van der Waals surface area contributed by atoms with E-state index < -0.39 is 70.7 Å². The lowest BCUT2D eigenvalue weighted by atomic mass is 10.2. The van der Waals surface area contributed by atoms with Gasteiger partial charge in [0.1, 0.15) is 34.5 Å². The highest BCUT2D eigenvalue weighted by atomic mass is 33.1. The summed E-state index contributed by atoms with van der Waals surface area (Å²) in [5.74, 6) is 8.33. The molecule has 254 valence electrons. The molecule has 0 bridgehead atoms. The molecule has 0 unspecified atom stereocenters. The first kappa shape index (κ1) is 41.0. The van der Waals surface area contributed by atoms with E-state index in [-0.39, 0.29) is 11.5 Å². The lowest BCUT2D eigenvalue weighted by molar-refractivity contribution is -0.126. The predicted octanol–water partition coefficient (Wildman–Crippen LogP) is 3.43. The highest BCUT2D eigenvalue weighted by Crippen LogP contribution is 2.29. The van der Waals surface area contributed by atoms with E-state index in [4.69, 9.17) is 30.6 Å². The van der Waals surface area contributed by atoms with Gasteiger partial charge < -0.3 is 18.9 Å². The van der Waals surface area contributed by atoms with E-state index in [1.807, 2.05) is 10.9 Å². The van der Waals surface area contributed by atoms with Gasteiger partial charge in [0.15, 0.2) is 0 Å². The summed E-state index contributed by atoms with van der Waals surface area (Å²) in [6.45, 7) is 18.9. The van der Waals surface area contributed by atoms with Crippen LogP contribution in [0.4, 0.5) is 19.2 Å². The zero-order valence-corrected chi connectivity index (χ0v) is 29.2. The number of rotatable bonds is 9. The van der Waals surface area contributed by atoms with Crippen LogP contribution in [-0.2, 0) is 28.5 Å². The first-order chi connectivity index (χ1) is 19.7. The highest BCUT2D eigenvalue weighted by molar-refractivity contribution is 8.76. The fraction of sp³-hybridized carbons (Fsp3) is 0.769. The van der Waals surface area contributed by atoms with E-state index in [2.05, 4.69) is 0 Å². The molecule has 0 aliphatic heterocycles. The SMILES string of the molecule is CC(C)(C)OC(=O)N(C(=O)OC(C)(C)C)[C@@H](CSSC[C@@H](C(=O)NN)N(C(=O)OC(C)(C)C)C(=O)OC(C)(C)C)C(=O)NN. The van der Waals surface area contributed by atoms with Crippen molar-refractivity contribution in [1.82, 2.24) is 20.7 Å². The molecule has 0 rings (SSSR count). The Balaban J connectivity index is 6.28. The van der Waals surface area contributed by atoms with E-state index in [1.165, 1.54) is 0 Å². The summed E-state index contributed by atoms with van der Waals surface area (Å²) in [7, 11) is 1.84. The standard InChI is InChI=1S/C26H48N6O10S2/c1-23(2,3)39-19(35)31(20(36)40-24(4,5)6)15(17(33)29-27)13-43-44-14-16(18(34)30-28)32(21(37)41-25(7,8)9)22(38)42-26(10,11)12/h15-16H,13-14,27-28H2,1-12H3,(H,29,33)(H,30,34)/t15-,16-/m0/s1. The van der Waals surface area contributed by atoms with Gasteiger partial charge in [-0.25, -0.2) is 30.9 Å². The monoisotopic (exact) mass is 668 g/mol. The van der Waals surface area contributed by atoms with Crippen molar-refractivity contribution in [2.75, 3.05) is 11.5 Å². The van der Waals surface area contributed by atoms with E-state index in [0.717, 1.165) is 21.6 Å². The average Bonchev–Trinajstić information content (AvgIpc) is 2.79. The zero-order chi connectivity index (χ0) is 34.8. The van der Waals surface area contributed by atoms with E-state index in [1.54, 1.807) is 83.1 Å². The van der Waals surface area contributed by atoms with Gasteiger partial charge in [0, 0.05) is 11.5 Å². The summed E-state index contributed by atoms with van der Waals surface area (Å²) in [5, 5.41) is 0. The molecular weight excluding hydrogens is 620 g/mol. The Morgan fingerprint density at radius 3 is 0.886 bits per heavy atom. The quantitative estimate of drug-likeness (QED) is 0.0690. The number of hydrogen-bond donors (Lipinski definition) is 4. The molecule has 6 N–H and O–H groups in total. The minimum Gasteiger partial charge on any atom is -0.443 e. The lowest BCUT2D eigenvalue weighted by Gasteiger charge is -2.33. The molecule has 16 nitrogen and oxygen atoms in total. The molecule has 0 aromatic rings. The van der Waals surface area contributed by atoms with Gasteiger partial charge in [-0.3, -0.25) is 20.4 Å². The van der Waals surface area contributed by atoms with Crippen LogP contribution in [0.1, 0.15) is 83.1 Å². The van der Waals surface area contributed by atoms with Gasteiger partial charge in [-0.05, 0) is 83.1 Å². The van der Waals surface area contributed by atoms with Crippen molar-refractivity contribution in [1.29, 1.82) is 0 Å². The molecule has 0 fully saturated rings. The van der Waals surface area contributed by atoms with Gasteiger partial charge >= 0.3 is 24.4 Å². The van der Waals surface area contributed by atoms with Crippen LogP contribution in [0.2, 0.25) is 0 Å². The third-order valence-corrected chi connectivity index (χ3v) is 6.80. The van der Waals surface area contributed by atoms with Crippen molar-refractivity contribution >= 4 is 57.8 Å². The van der Waals surface area contributed by atoms with Gasteiger partial charge in [-0.15, -0.1) is 0 Å². The van der Waals surface area contributed by atoms with Crippen LogP contribution in [0.25, 0.3) is 0 Å². The van der Waals surface area contributed by atoms with Crippen LogP contribution in [0, 0.1) is 0 Å². The molecule has 0 heterocycles. The minimum absolute atomic E-state index is 0.276. The number of nitrogens with two attached hydrogens (primary N) is 2. The molecular formula is C26H48N6O10S2. The Bertz CT molecular complexity index is 910. The average molecular weight is 669 g/mol. The highest BCUT2D eigenvalue weighted by Gasteiger charge is 2.42. The second-order valence-corrected chi connectivity index (χ2v) is 15.8. The Hall–Kier alpha value is -2.96. The molecule has 0 saturated carbocycles. The number of carbonyl (C=O) groups excluding carboxylic acids is 6. The maximum atomic E-state index is 13.1. The topological polar surface area (TPSA) is 222 Å². The first-order valence-electron chi connectivity index (χ1n) is 13.5. The third-order valence-electron chi connectivity index (χ3n) is 4.41. The maximum absolute atomic E-state index is 13.1. The molecule has 44 heavy (non-hydrogen) atoms. The van der Waals surface area contributed by atoms with Crippen LogP contribution in [0.5, 0.6) is 0 Å². The second-order valence-electron chi connectivity index (χ2n) is 13.3. The summed E-state index contributed by atoms with van der Waals surface area (Å²) in [4.78, 5) is 78.9. The van der Waals surface area contributed by atoms with Crippen molar-refractivity contribution in [3.8, 4) is 0 Å². The maximum Gasteiger partial charge on any atom is 0.420 e. The van der Waals surface area contributed by atoms with Crippen LogP contribution in [0.3, 0.4) is 0 Å². The lowest BCUT2D eigenvalue weighted by Crippen LogP contribution is -2.57. The number of ether oxygens (including phenoxy) is 4. The van der Waals surface area contributed by atoms with Crippen LogP contribution >= 0.6 is 21.6 Å². The van der Waals surface area contributed by atoms with Crippen LogP contribution in [-0.4, -0.2) is 92.0 Å². The van der Waals surface area contributed by atoms with Gasteiger partial charge in [-0.2, -0.15) is 9.80 Å². The number of nitrogens with zero attached hydrogens (tertiary/aromatic N) is 2. The van der Waals surface area contributed by atoms with Crippen molar-refractivity contribution < 1.29 is 47.7 Å². The Labute approximate surface area is 266 Å². The number of carbonyl (C=O) groups is 6. The van der Waals surface area contributed by atoms with Gasteiger partial charge in [0.05, 0.1) is 0 Å². The molecule has 0 spiro atoms. The van der Waals surface area contributed by atoms with Crippen molar-refractivity contribution in [3.05, 3.63) is 0 Å². The van der Waals surface area contributed by atoms with Crippen molar-refractivity contribution in [3.63, 3.8) is 0 Å². The predicted molar refractivity (Wildman–Crippen MR) is 166 cm³/mol. The van der Waals surface area contributed by atoms with Gasteiger partial charge in [0.25, 0.3) is 11.8 Å². The number of hydrazine groups is 2. The summed E-state index contributed by atoms with van der Waals surface area (Å²) in [6.07, 6.45) is -4.64. The largest absolute Gasteiger partial charge is 0.443 e. The molecule has 0 aliphatic rings. The van der Waals surface area contributed by atoms with Crippen molar-refractivity contribution in [2.24, 2.45) is 11.7 Å². The van der Waals surface area contributed by atoms with E-state index >= 15 is 0 Å². The summed E-state index contributed by atoms with van der Waals surface area (Å²) in [5.41, 5.74) is -0.278. The van der Waals surface area contributed by atoms with E-state index in [0.29, 0.717) is 9.80 Å². The van der Waals surface area contributed by atoms with Crippen LogP contribution < -0.4 is 22.5 Å². The molecule has 2 atom stereocenters. The summed E-state index contributed by atoms with van der Waals surface area (Å²) in [6, 6.07) is -3.06. The number of amides is 6. The molecule has 18 heteroatoms. The molecule has 0 aromatic heterocycles. The van der Waals surface area contributed by atoms with Gasteiger partial charge in [-0.1, -0.05) is 21.6 Å². The third kappa shape index (κ3) is 15.7. The molecule has 0 aromatic carbocycles. The Morgan fingerprint density at radius 2 is 0.727 bits per heavy atom. The molecule has 0 aliphatic carbocycles. The number of nitrogens with one attached hydrogen (secondary N) is 2. The second kappa shape index (κ2) is 16.4. The van der Waals surface area contributed by atoms with E-state index in [9.17, 15) is 28.8 Å². The summed E-state index contributed by atoms with van der Waals surface area (Å²) < 4.78 is 21.4. The Kier molecular flexibility index (Phi) is 15.3.